The average molecular weight is 257 g/mol. The number of carboxylic acid groups (broad SMARTS) is 1. The van der Waals surface area contributed by atoms with Gasteiger partial charge in [-0.15, -0.1) is 0 Å². The van der Waals surface area contributed by atoms with E-state index in [2.05, 4.69) is 16.8 Å². The van der Waals surface area contributed by atoms with Crippen LogP contribution in [0.4, 0.5) is 0 Å². The van der Waals surface area contributed by atoms with Gasteiger partial charge in [-0.05, 0) is 35.9 Å². The SMILES string of the molecule is O=C(O)Cc1ccc2ccn(C3CCCCC3)c2c1. The molecule has 3 rings (SSSR count). The van der Waals surface area contributed by atoms with Crippen LogP contribution in [0.15, 0.2) is 30.5 Å². The summed E-state index contributed by atoms with van der Waals surface area (Å²) in [6, 6.07) is 8.72. The van der Waals surface area contributed by atoms with Gasteiger partial charge in [-0.1, -0.05) is 31.4 Å². The Bertz CT molecular complexity index is 594. The molecule has 1 aromatic carbocycles. The topological polar surface area (TPSA) is 42.2 Å². The van der Waals surface area contributed by atoms with Gasteiger partial charge < -0.3 is 9.67 Å². The minimum Gasteiger partial charge on any atom is -0.481 e. The van der Waals surface area contributed by atoms with Crippen LogP contribution in [0.25, 0.3) is 10.9 Å². The van der Waals surface area contributed by atoms with Crippen molar-refractivity contribution in [1.29, 1.82) is 0 Å². The van der Waals surface area contributed by atoms with E-state index < -0.39 is 5.97 Å². The number of rotatable bonds is 3. The molecular weight excluding hydrogens is 238 g/mol. The largest absolute Gasteiger partial charge is 0.481 e. The van der Waals surface area contributed by atoms with Crippen molar-refractivity contribution in [3.8, 4) is 0 Å². The van der Waals surface area contributed by atoms with E-state index in [0.717, 1.165) is 5.56 Å². The Morgan fingerprint density at radius 2 is 2.00 bits per heavy atom. The van der Waals surface area contributed by atoms with E-state index in [1.165, 1.54) is 43.0 Å². The lowest BCUT2D eigenvalue weighted by Gasteiger charge is -2.24. The van der Waals surface area contributed by atoms with Crippen LogP contribution in [0.5, 0.6) is 0 Å². The maximum atomic E-state index is 10.8. The monoisotopic (exact) mass is 257 g/mol. The van der Waals surface area contributed by atoms with E-state index in [0.29, 0.717) is 6.04 Å². The van der Waals surface area contributed by atoms with Crippen LogP contribution in [0.3, 0.4) is 0 Å². The Kier molecular flexibility index (Phi) is 3.28. The van der Waals surface area contributed by atoms with E-state index in [4.69, 9.17) is 5.11 Å². The number of aliphatic carboxylic acids is 1. The van der Waals surface area contributed by atoms with Crippen LogP contribution in [-0.4, -0.2) is 15.6 Å². The van der Waals surface area contributed by atoms with Gasteiger partial charge in [-0.25, -0.2) is 0 Å². The van der Waals surface area contributed by atoms with Gasteiger partial charge in [0.05, 0.1) is 6.42 Å². The van der Waals surface area contributed by atoms with Gasteiger partial charge >= 0.3 is 5.97 Å². The second-order valence-corrected chi connectivity index (χ2v) is 5.48. The zero-order chi connectivity index (χ0) is 13.2. The predicted octanol–water partition coefficient (Wildman–Crippen LogP) is 3.77. The van der Waals surface area contributed by atoms with E-state index in [9.17, 15) is 4.79 Å². The van der Waals surface area contributed by atoms with Crippen molar-refractivity contribution >= 4 is 16.9 Å². The second kappa shape index (κ2) is 5.08. The maximum Gasteiger partial charge on any atom is 0.307 e. The summed E-state index contributed by atoms with van der Waals surface area (Å²) in [5.74, 6) is -0.768. The van der Waals surface area contributed by atoms with Crippen molar-refractivity contribution in [3.05, 3.63) is 36.0 Å². The average Bonchev–Trinajstić information content (AvgIpc) is 2.82. The van der Waals surface area contributed by atoms with Gasteiger partial charge in [-0.2, -0.15) is 0 Å². The molecule has 0 unspecified atom stereocenters. The summed E-state index contributed by atoms with van der Waals surface area (Å²) in [6.07, 6.45) is 8.70. The van der Waals surface area contributed by atoms with Crippen LogP contribution in [0.1, 0.15) is 43.7 Å². The molecule has 3 heteroatoms. The number of aromatic nitrogens is 1. The Hall–Kier alpha value is -1.77. The van der Waals surface area contributed by atoms with Crippen LogP contribution in [0, 0.1) is 0 Å². The number of fused-ring (bicyclic) bond motifs is 1. The molecule has 0 bridgehead atoms. The third-order valence-corrected chi connectivity index (χ3v) is 4.11. The van der Waals surface area contributed by atoms with Crippen LogP contribution in [0.2, 0.25) is 0 Å². The number of nitrogens with zero attached hydrogens (tertiary/aromatic N) is 1. The zero-order valence-corrected chi connectivity index (χ0v) is 11.0. The molecular formula is C16H19NO2. The van der Waals surface area contributed by atoms with Gasteiger partial charge in [0.25, 0.3) is 0 Å². The van der Waals surface area contributed by atoms with E-state index in [1.54, 1.807) is 0 Å². The molecule has 0 spiro atoms. The van der Waals surface area contributed by atoms with Crippen molar-refractivity contribution in [3.63, 3.8) is 0 Å². The van der Waals surface area contributed by atoms with Crippen molar-refractivity contribution in [2.45, 2.75) is 44.6 Å². The third-order valence-electron chi connectivity index (χ3n) is 4.11. The van der Waals surface area contributed by atoms with E-state index in [1.807, 2.05) is 18.2 Å². The maximum absolute atomic E-state index is 10.8. The first kappa shape index (κ1) is 12.3. The molecule has 0 amide bonds. The molecule has 0 radical (unpaired) electrons. The molecule has 3 nitrogen and oxygen atoms in total. The highest BCUT2D eigenvalue weighted by Crippen LogP contribution is 2.31. The summed E-state index contributed by atoms with van der Waals surface area (Å²) in [4.78, 5) is 10.8. The summed E-state index contributed by atoms with van der Waals surface area (Å²) in [5.41, 5.74) is 2.07. The summed E-state index contributed by atoms with van der Waals surface area (Å²) >= 11 is 0. The van der Waals surface area contributed by atoms with Gasteiger partial charge in [0.2, 0.25) is 0 Å². The van der Waals surface area contributed by atoms with Crippen LogP contribution < -0.4 is 0 Å². The third kappa shape index (κ3) is 2.50. The lowest BCUT2D eigenvalue weighted by Crippen LogP contribution is -2.11. The fraction of sp³-hybridized carbons (Fsp3) is 0.438. The molecule has 0 atom stereocenters. The Balaban J connectivity index is 1.97. The molecule has 0 saturated heterocycles. The Morgan fingerprint density at radius 1 is 1.21 bits per heavy atom. The van der Waals surface area contributed by atoms with Gasteiger partial charge in [0, 0.05) is 17.8 Å². The number of carboxylic acids is 1. The van der Waals surface area contributed by atoms with E-state index >= 15 is 0 Å². The lowest BCUT2D eigenvalue weighted by molar-refractivity contribution is -0.136. The highest BCUT2D eigenvalue weighted by atomic mass is 16.4. The summed E-state index contributed by atoms with van der Waals surface area (Å²) in [6.45, 7) is 0. The molecule has 1 N–H and O–H groups in total. The summed E-state index contributed by atoms with van der Waals surface area (Å²) in [5, 5.41) is 10.1. The first-order valence-electron chi connectivity index (χ1n) is 7.05. The number of benzene rings is 1. The van der Waals surface area contributed by atoms with Gasteiger partial charge in [-0.3, -0.25) is 4.79 Å². The number of hydrogen-bond acceptors (Lipinski definition) is 1. The number of carbonyl (C=O) groups is 1. The molecule has 1 heterocycles. The molecule has 1 aliphatic rings. The zero-order valence-electron chi connectivity index (χ0n) is 11.0. The summed E-state index contributed by atoms with van der Waals surface area (Å²) < 4.78 is 2.35. The van der Waals surface area contributed by atoms with Crippen molar-refractivity contribution in [2.75, 3.05) is 0 Å². The van der Waals surface area contributed by atoms with Crippen molar-refractivity contribution in [1.82, 2.24) is 4.57 Å². The quantitative estimate of drug-likeness (QED) is 0.909. The van der Waals surface area contributed by atoms with Crippen LogP contribution in [-0.2, 0) is 11.2 Å². The smallest absolute Gasteiger partial charge is 0.307 e. The highest BCUT2D eigenvalue weighted by molar-refractivity contribution is 5.82. The molecule has 0 aliphatic heterocycles. The summed E-state index contributed by atoms with van der Waals surface area (Å²) in [7, 11) is 0. The predicted molar refractivity (Wildman–Crippen MR) is 75.4 cm³/mol. The molecule has 1 aliphatic carbocycles. The first-order valence-corrected chi connectivity index (χ1v) is 7.05. The molecule has 1 fully saturated rings. The minimum atomic E-state index is -0.768. The Labute approximate surface area is 112 Å². The van der Waals surface area contributed by atoms with Gasteiger partial charge in [0.1, 0.15) is 0 Å². The molecule has 19 heavy (non-hydrogen) atoms. The highest BCUT2D eigenvalue weighted by Gasteiger charge is 2.16. The van der Waals surface area contributed by atoms with Gasteiger partial charge in [0.15, 0.2) is 0 Å². The van der Waals surface area contributed by atoms with Crippen molar-refractivity contribution < 1.29 is 9.90 Å². The van der Waals surface area contributed by atoms with Crippen LogP contribution >= 0.6 is 0 Å². The molecule has 2 aromatic rings. The second-order valence-electron chi connectivity index (χ2n) is 5.48. The Morgan fingerprint density at radius 3 is 2.74 bits per heavy atom. The molecule has 1 saturated carbocycles. The molecule has 100 valence electrons. The minimum absolute atomic E-state index is 0.103. The fourth-order valence-corrected chi connectivity index (χ4v) is 3.16. The standard InChI is InChI=1S/C16H19NO2/c18-16(19)11-12-6-7-13-8-9-17(15(13)10-12)14-4-2-1-3-5-14/h6-10,14H,1-5,11H2,(H,18,19). The van der Waals surface area contributed by atoms with E-state index in [-0.39, 0.29) is 6.42 Å². The lowest BCUT2D eigenvalue weighted by atomic mass is 9.95. The van der Waals surface area contributed by atoms with Crippen molar-refractivity contribution in [2.24, 2.45) is 0 Å². The molecule has 1 aromatic heterocycles. The fourth-order valence-electron chi connectivity index (χ4n) is 3.16. The normalized spacial score (nSPS) is 16.8. The first-order chi connectivity index (χ1) is 9.24. The number of hydrogen-bond donors (Lipinski definition) is 1.